The van der Waals surface area contributed by atoms with Crippen LogP contribution in [0.5, 0.6) is 11.5 Å². The molecule has 0 saturated heterocycles. The summed E-state index contributed by atoms with van der Waals surface area (Å²) in [7, 11) is 0. The Morgan fingerprint density at radius 3 is 2.90 bits per heavy atom. The van der Waals surface area contributed by atoms with E-state index >= 15 is 0 Å². The minimum Gasteiger partial charge on any atom is -0.504 e. The van der Waals surface area contributed by atoms with Crippen molar-refractivity contribution in [2.75, 3.05) is 6.61 Å². The van der Waals surface area contributed by atoms with Crippen LogP contribution in [0, 0.1) is 5.41 Å². The van der Waals surface area contributed by atoms with Crippen molar-refractivity contribution in [2.45, 2.75) is 59.0 Å². The van der Waals surface area contributed by atoms with E-state index in [-0.39, 0.29) is 5.75 Å². The van der Waals surface area contributed by atoms with Gasteiger partial charge in [-0.25, -0.2) is 0 Å². The molecule has 1 aromatic rings. The third kappa shape index (κ3) is 4.14. The molecule has 1 aliphatic rings. The van der Waals surface area contributed by atoms with Gasteiger partial charge >= 0.3 is 0 Å². The summed E-state index contributed by atoms with van der Waals surface area (Å²) >= 11 is 0. The number of hydrogen-bond acceptors (Lipinski definition) is 3. The van der Waals surface area contributed by atoms with Gasteiger partial charge in [0.25, 0.3) is 0 Å². The molecule has 1 saturated carbocycles. The van der Waals surface area contributed by atoms with Gasteiger partial charge < -0.3 is 15.2 Å². The van der Waals surface area contributed by atoms with Crippen molar-refractivity contribution in [2.24, 2.45) is 5.41 Å². The number of phenolic OH excluding ortho intramolecular Hbond substituents is 1. The van der Waals surface area contributed by atoms with Gasteiger partial charge in [-0.1, -0.05) is 26.3 Å². The maximum Gasteiger partial charge on any atom is 0.161 e. The van der Waals surface area contributed by atoms with E-state index in [9.17, 15) is 5.11 Å². The first-order valence-corrected chi connectivity index (χ1v) is 7.68. The molecule has 1 atom stereocenters. The van der Waals surface area contributed by atoms with Crippen LogP contribution in [-0.4, -0.2) is 17.8 Å². The minimum atomic E-state index is 0.217. The average molecular weight is 277 g/mol. The molecule has 0 radical (unpaired) electrons. The Balaban J connectivity index is 1.92. The van der Waals surface area contributed by atoms with Gasteiger partial charge in [-0.2, -0.15) is 0 Å². The predicted octanol–water partition coefficient (Wildman–Crippen LogP) is 3.85. The molecule has 1 unspecified atom stereocenters. The maximum absolute atomic E-state index is 9.71. The Labute approximate surface area is 122 Å². The van der Waals surface area contributed by atoms with Gasteiger partial charge in [0.15, 0.2) is 11.5 Å². The van der Waals surface area contributed by atoms with Gasteiger partial charge in [0.05, 0.1) is 6.61 Å². The van der Waals surface area contributed by atoms with Gasteiger partial charge in [0.2, 0.25) is 0 Å². The summed E-state index contributed by atoms with van der Waals surface area (Å²) in [6, 6.07) is 6.20. The number of benzene rings is 1. The number of phenols is 1. The summed E-state index contributed by atoms with van der Waals surface area (Å²) < 4.78 is 5.42. The van der Waals surface area contributed by atoms with E-state index in [0.717, 1.165) is 12.1 Å². The van der Waals surface area contributed by atoms with Crippen LogP contribution in [0.3, 0.4) is 0 Å². The van der Waals surface area contributed by atoms with E-state index in [4.69, 9.17) is 4.74 Å². The quantitative estimate of drug-likeness (QED) is 0.859. The molecule has 2 rings (SSSR count). The smallest absolute Gasteiger partial charge is 0.161 e. The van der Waals surface area contributed by atoms with Crippen molar-refractivity contribution >= 4 is 0 Å². The zero-order valence-corrected chi connectivity index (χ0v) is 12.9. The summed E-state index contributed by atoms with van der Waals surface area (Å²) in [4.78, 5) is 0. The van der Waals surface area contributed by atoms with E-state index in [2.05, 4.69) is 19.2 Å². The van der Waals surface area contributed by atoms with Crippen LogP contribution < -0.4 is 10.1 Å². The van der Waals surface area contributed by atoms with Crippen molar-refractivity contribution in [1.82, 2.24) is 5.32 Å². The molecule has 3 nitrogen and oxygen atoms in total. The van der Waals surface area contributed by atoms with Crippen LogP contribution in [-0.2, 0) is 6.54 Å². The Kier molecular flexibility index (Phi) is 4.92. The molecular weight excluding hydrogens is 250 g/mol. The van der Waals surface area contributed by atoms with E-state index in [0.29, 0.717) is 23.8 Å². The maximum atomic E-state index is 9.71. The highest BCUT2D eigenvalue weighted by Gasteiger charge is 2.27. The van der Waals surface area contributed by atoms with Crippen molar-refractivity contribution in [3.8, 4) is 11.5 Å². The van der Waals surface area contributed by atoms with Gasteiger partial charge in [-0.15, -0.1) is 0 Å². The third-order valence-corrected chi connectivity index (χ3v) is 4.12. The Bertz CT molecular complexity index is 443. The summed E-state index contributed by atoms with van der Waals surface area (Å²) in [6.07, 6.45) is 5.15. The van der Waals surface area contributed by atoms with E-state index in [1.165, 1.54) is 25.7 Å². The Morgan fingerprint density at radius 2 is 2.20 bits per heavy atom. The minimum absolute atomic E-state index is 0.217. The first-order chi connectivity index (χ1) is 9.50. The van der Waals surface area contributed by atoms with Gasteiger partial charge in [0, 0.05) is 12.6 Å². The number of nitrogens with one attached hydrogen (secondary N) is 1. The SMILES string of the molecule is CCOc1cc(CNC2CCCC(C)(C)C2)ccc1O. The lowest BCUT2D eigenvalue weighted by molar-refractivity contribution is 0.197. The molecule has 0 amide bonds. The summed E-state index contributed by atoms with van der Waals surface area (Å²) in [6.45, 7) is 8.04. The monoisotopic (exact) mass is 277 g/mol. The van der Waals surface area contributed by atoms with Crippen molar-refractivity contribution in [3.63, 3.8) is 0 Å². The van der Waals surface area contributed by atoms with Crippen molar-refractivity contribution < 1.29 is 9.84 Å². The summed E-state index contributed by atoms with van der Waals surface area (Å²) in [5.41, 5.74) is 1.62. The molecule has 20 heavy (non-hydrogen) atoms. The Morgan fingerprint density at radius 1 is 1.40 bits per heavy atom. The van der Waals surface area contributed by atoms with Gasteiger partial charge in [0.1, 0.15) is 0 Å². The summed E-state index contributed by atoms with van der Waals surface area (Å²) in [5.74, 6) is 0.796. The highest BCUT2D eigenvalue weighted by Crippen LogP contribution is 2.35. The molecule has 3 heteroatoms. The lowest BCUT2D eigenvalue weighted by Gasteiger charge is -2.35. The van der Waals surface area contributed by atoms with E-state index < -0.39 is 0 Å². The molecule has 2 N–H and O–H groups in total. The molecule has 1 aromatic carbocycles. The number of rotatable bonds is 5. The van der Waals surface area contributed by atoms with Crippen LogP contribution in [0.4, 0.5) is 0 Å². The Hall–Kier alpha value is -1.22. The molecule has 1 aliphatic carbocycles. The second-order valence-corrected chi connectivity index (χ2v) is 6.57. The van der Waals surface area contributed by atoms with Crippen LogP contribution in [0.15, 0.2) is 18.2 Å². The summed E-state index contributed by atoms with van der Waals surface area (Å²) in [5, 5.41) is 13.4. The second kappa shape index (κ2) is 6.49. The number of hydrogen-bond donors (Lipinski definition) is 2. The topological polar surface area (TPSA) is 41.5 Å². The molecule has 0 heterocycles. The molecule has 1 fully saturated rings. The number of aromatic hydroxyl groups is 1. The number of ether oxygens (including phenoxy) is 1. The van der Waals surface area contributed by atoms with Gasteiger partial charge in [-0.3, -0.25) is 0 Å². The fourth-order valence-corrected chi connectivity index (χ4v) is 3.07. The fourth-order valence-electron chi connectivity index (χ4n) is 3.07. The third-order valence-electron chi connectivity index (χ3n) is 4.12. The standard InChI is InChI=1S/C17H27NO2/c1-4-20-16-10-13(7-8-15(16)19)12-18-14-6-5-9-17(2,3)11-14/h7-8,10,14,18-19H,4-6,9,11-12H2,1-3H3. The molecular formula is C17H27NO2. The van der Waals surface area contributed by atoms with Crippen LogP contribution in [0.25, 0.3) is 0 Å². The first kappa shape index (κ1) is 15.2. The molecule has 0 aromatic heterocycles. The second-order valence-electron chi connectivity index (χ2n) is 6.57. The van der Waals surface area contributed by atoms with Crippen LogP contribution in [0.1, 0.15) is 52.0 Å². The largest absolute Gasteiger partial charge is 0.504 e. The molecule has 0 spiro atoms. The van der Waals surface area contributed by atoms with E-state index in [1.54, 1.807) is 6.07 Å². The van der Waals surface area contributed by atoms with Crippen molar-refractivity contribution in [3.05, 3.63) is 23.8 Å². The van der Waals surface area contributed by atoms with Crippen LogP contribution in [0.2, 0.25) is 0 Å². The average Bonchev–Trinajstić information content (AvgIpc) is 2.39. The normalized spacial score (nSPS) is 21.6. The molecule has 112 valence electrons. The van der Waals surface area contributed by atoms with E-state index in [1.807, 2.05) is 19.1 Å². The molecule has 0 aliphatic heterocycles. The lowest BCUT2D eigenvalue weighted by atomic mass is 9.75. The first-order valence-electron chi connectivity index (χ1n) is 7.68. The zero-order valence-electron chi connectivity index (χ0n) is 12.9. The van der Waals surface area contributed by atoms with Gasteiger partial charge in [-0.05, 0) is 49.3 Å². The molecule has 0 bridgehead atoms. The fraction of sp³-hybridized carbons (Fsp3) is 0.647. The zero-order chi connectivity index (χ0) is 14.6. The highest BCUT2D eigenvalue weighted by molar-refractivity contribution is 5.41. The highest BCUT2D eigenvalue weighted by atomic mass is 16.5. The van der Waals surface area contributed by atoms with Crippen LogP contribution >= 0.6 is 0 Å². The lowest BCUT2D eigenvalue weighted by Crippen LogP contribution is -2.36. The van der Waals surface area contributed by atoms with Crippen molar-refractivity contribution in [1.29, 1.82) is 0 Å². The predicted molar refractivity (Wildman–Crippen MR) is 82.2 cm³/mol.